The van der Waals surface area contributed by atoms with Crippen LogP contribution in [0.2, 0.25) is 15.2 Å². The minimum atomic E-state index is 0.273. The molecule has 1 aromatic carbocycles. The number of ether oxygens (including phenoxy) is 2. The van der Waals surface area contributed by atoms with Gasteiger partial charge in [-0.15, -0.1) is 0 Å². The van der Waals surface area contributed by atoms with Gasteiger partial charge >= 0.3 is 0 Å². The summed E-state index contributed by atoms with van der Waals surface area (Å²) in [5.41, 5.74) is 2.57. The molecule has 0 saturated heterocycles. The van der Waals surface area contributed by atoms with Gasteiger partial charge in [0.2, 0.25) is 6.41 Å². The van der Waals surface area contributed by atoms with Crippen molar-refractivity contribution < 1.29 is 14.3 Å². The van der Waals surface area contributed by atoms with Gasteiger partial charge < -0.3 is 14.4 Å². The van der Waals surface area contributed by atoms with Crippen LogP contribution in [0, 0.1) is 6.92 Å². The normalized spacial score (nSPS) is 11.3. The molecule has 27 heavy (non-hydrogen) atoms. The van der Waals surface area contributed by atoms with Crippen molar-refractivity contribution in [3.8, 4) is 11.5 Å². The van der Waals surface area contributed by atoms with E-state index in [0.29, 0.717) is 40.9 Å². The predicted molar refractivity (Wildman–Crippen MR) is 110 cm³/mol. The number of rotatable bonds is 7. The number of halogens is 3. The van der Waals surface area contributed by atoms with Gasteiger partial charge in [-0.3, -0.25) is 4.79 Å². The molecular formula is C19H19Cl3N2O3. The summed E-state index contributed by atoms with van der Waals surface area (Å²) < 4.78 is 10.7. The van der Waals surface area contributed by atoms with Gasteiger partial charge in [-0.2, -0.15) is 0 Å². The van der Waals surface area contributed by atoms with E-state index in [1.165, 1.54) is 19.1 Å². The fraction of sp³-hybridized carbons (Fsp3) is 0.263. The van der Waals surface area contributed by atoms with Gasteiger partial charge in [0.1, 0.15) is 16.7 Å². The molecule has 1 amide bonds. The molecule has 0 saturated carbocycles. The number of aromatic nitrogens is 1. The average Bonchev–Trinajstić information content (AvgIpc) is 2.65. The molecule has 144 valence electrons. The van der Waals surface area contributed by atoms with Crippen molar-refractivity contribution in [3.05, 3.63) is 50.2 Å². The van der Waals surface area contributed by atoms with Crippen molar-refractivity contribution in [1.29, 1.82) is 0 Å². The number of methoxy groups -OCH3 is 2. The largest absolute Gasteiger partial charge is 0.495 e. The third-order valence-corrected chi connectivity index (χ3v) is 4.97. The maximum atomic E-state index is 11.7. The van der Waals surface area contributed by atoms with E-state index in [4.69, 9.17) is 44.3 Å². The summed E-state index contributed by atoms with van der Waals surface area (Å²) in [5, 5.41) is 0.928. The zero-order valence-corrected chi connectivity index (χ0v) is 17.6. The highest BCUT2D eigenvalue weighted by Crippen LogP contribution is 2.44. The first-order valence-corrected chi connectivity index (χ1v) is 9.17. The van der Waals surface area contributed by atoms with Crippen molar-refractivity contribution >= 4 is 53.0 Å². The standard InChI is InChI=1S/C19H19Cl3N2O3/c1-5-24(10-25)13(7-12-9-23-16(20)6-11(12)2)17-18(21)14(26-3)8-15(27-4)19(17)22/h6-10H,5H2,1-4H3/b13-7-. The number of hydrogen-bond acceptors (Lipinski definition) is 4. The van der Waals surface area contributed by atoms with E-state index in [1.54, 1.807) is 24.4 Å². The second-order valence-corrected chi connectivity index (χ2v) is 6.71. The number of hydrogen-bond donors (Lipinski definition) is 0. The molecule has 0 radical (unpaired) electrons. The monoisotopic (exact) mass is 428 g/mol. The number of amides is 1. The number of nitrogens with zero attached hydrogens (tertiary/aromatic N) is 2. The van der Waals surface area contributed by atoms with Crippen molar-refractivity contribution in [2.45, 2.75) is 13.8 Å². The second kappa shape index (κ2) is 9.31. The van der Waals surface area contributed by atoms with E-state index in [-0.39, 0.29) is 10.0 Å². The Hall–Kier alpha value is -1.95. The summed E-state index contributed by atoms with van der Waals surface area (Å²) in [6.07, 6.45) is 4.11. The number of carbonyl (C=O) groups is 1. The van der Waals surface area contributed by atoms with Gasteiger partial charge in [0.15, 0.2) is 0 Å². The molecule has 0 aliphatic carbocycles. The second-order valence-electron chi connectivity index (χ2n) is 5.57. The molecule has 0 unspecified atom stereocenters. The van der Waals surface area contributed by atoms with Crippen molar-refractivity contribution in [1.82, 2.24) is 9.88 Å². The van der Waals surface area contributed by atoms with E-state index in [9.17, 15) is 4.79 Å². The fourth-order valence-corrected chi connectivity index (χ4v) is 3.45. The number of benzene rings is 1. The Labute approximate surface area is 173 Å². The van der Waals surface area contributed by atoms with Crippen LogP contribution in [0.3, 0.4) is 0 Å². The molecule has 1 aromatic heterocycles. The van der Waals surface area contributed by atoms with Crippen LogP contribution < -0.4 is 9.47 Å². The van der Waals surface area contributed by atoms with E-state index in [2.05, 4.69) is 4.98 Å². The first-order valence-electron chi connectivity index (χ1n) is 8.04. The summed E-state index contributed by atoms with van der Waals surface area (Å²) in [4.78, 5) is 17.3. The Kier molecular flexibility index (Phi) is 7.36. The highest BCUT2D eigenvalue weighted by Gasteiger charge is 2.23. The molecule has 0 N–H and O–H groups in total. The van der Waals surface area contributed by atoms with E-state index < -0.39 is 0 Å². The summed E-state index contributed by atoms with van der Waals surface area (Å²) in [7, 11) is 2.98. The lowest BCUT2D eigenvalue weighted by Gasteiger charge is -2.23. The molecule has 0 fully saturated rings. The SMILES string of the molecule is CCN(C=O)/C(=C\c1cnc(Cl)cc1C)c1c(Cl)c(OC)cc(OC)c1Cl. The molecule has 2 rings (SSSR count). The zero-order valence-electron chi connectivity index (χ0n) is 15.3. The van der Waals surface area contributed by atoms with Crippen molar-refractivity contribution in [3.63, 3.8) is 0 Å². The molecule has 0 bridgehead atoms. The van der Waals surface area contributed by atoms with Gasteiger partial charge in [-0.05, 0) is 37.1 Å². The number of aryl methyl sites for hydroxylation is 1. The average molecular weight is 430 g/mol. The zero-order chi connectivity index (χ0) is 20.1. The molecule has 0 aliphatic rings. The molecule has 0 spiro atoms. The maximum Gasteiger partial charge on any atom is 0.214 e. The lowest BCUT2D eigenvalue weighted by Crippen LogP contribution is -2.20. The van der Waals surface area contributed by atoms with Gasteiger partial charge in [-0.1, -0.05) is 34.8 Å². The third-order valence-electron chi connectivity index (χ3n) is 4.02. The van der Waals surface area contributed by atoms with Gasteiger partial charge in [0.05, 0.1) is 30.0 Å². The highest BCUT2D eigenvalue weighted by atomic mass is 35.5. The van der Waals surface area contributed by atoms with Crippen LogP contribution in [0.25, 0.3) is 11.8 Å². The molecule has 8 heteroatoms. The van der Waals surface area contributed by atoms with Gasteiger partial charge in [-0.25, -0.2) is 4.98 Å². The molecule has 2 aromatic rings. The first kappa shape index (κ1) is 21.4. The first-order chi connectivity index (χ1) is 12.9. The van der Waals surface area contributed by atoms with Crippen LogP contribution in [0.1, 0.15) is 23.6 Å². The summed E-state index contributed by atoms with van der Waals surface area (Å²) in [6.45, 7) is 4.14. The van der Waals surface area contributed by atoms with Crippen LogP contribution in [-0.4, -0.2) is 37.1 Å². The number of carbonyl (C=O) groups excluding carboxylic acids is 1. The van der Waals surface area contributed by atoms with E-state index in [0.717, 1.165) is 11.1 Å². The van der Waals surface area contributed by atoms with Crippen LogP contribution in [0.4, 0.5) is 0 Å². The minimum absolute atomic E-state index is 0.273. The molecule has 0 atom stereocenters. The van der Waals surface area contributed by atoms with E-state index in [1.807, 2.05) is 13.8 Å². The van der Waals surface area contributed by atoms with Crippen molar-refractivity contribution in [2.24, 2.45) is 0 Å². The Balaban J connectivity index is 2.83. The summed E-state index contributed by atoms with van der Waals surface area (Å²) in [5.74, 6) is 0.762. The Morgan fingerprint density at radius 2 is 1.74 bits per heavy atom. The Bertz CT molecular complexity index is 857. The Morgan fingerprint density at radius 1 is 1.15 bits per heavy atom. The van der Waals surface area contributed by atoms with Crippen LogP contribution in [-0.2, 0) is 4.79 Å². The molecule has 1 heterocycles. The van der Waals surface area contributed by atoms with Gasteiger partial charge in [0, 0.05) is 24.4 Å². The lowest BCUT2D eigenvalue weighted by molar-refractivity contribution is -0.115. The summed E-state index contributed by atoms with van der Waals surface area (Å²) >= 11 is 19.0. The highest BCUT2D eigenvalue weighted by molar-refractivity contribution is 6.39. The number of pyridine rings is 1. The molecule has 5 nitrogen and oxygen atoms in total. The minimum Gasteiger partial charge on any atom is -0.495 e. The van der Waals surface area contributed by atoms with Crippen molar-refractivity contribution in [2.75, 3.05) is 20.8 Å². The summed E-state index contributed by atoms with van der Waals surface area (Å²) in [6, 6.07) is 3.33. The van der Waals surface area contributed by atoms with Crippen LogP contribution >= 0.6 is 34.8 Å². The smallest absolute Gasteiger partial charge is 0.214 e. The van der Waals surface area contributed by atoms with Crippen LogP contribution in [0.5, 0.6) is 11.5 Å². The molecule has 0 aliphatic heterocycles. The topological polar surface area (TPSA) is 51.7 Å². The lowest BCUT2D eigenvalue weighted by atomic mass is 10.0. The van der Waals surface area contributed by atoms with Crippen LogP contribution in [0.15, 0.2) is 18.3 Å². The predicted octanol–water partition coefficient (Wildman–Crippen LogP) is 5.34. The van der Waals surface area contributed by atoms with E-state index >= 15 is 0 Å². The quantitative estimate of drug-likeness (QED) is 0.440. The molecular weight excluding hydrogens is 411 g/mol. The third kappa shape index (κ3) is 4.49. The fourth-order valence-electron chi connectivity index (χ4n) is 2.54. The maximum absolute atomic E-state index is 11.7. The Morgan fingerprint density at radius 3 is 2.19 bits per heavy atom. The van der Waals surface area contributed by atoms with Gasteiger partial charge in [0.25, 0.3) is 0 Å².